The van der Waals surface area contributed by atoms with Crippen molar-refractivity contribution in [3.05, 3.63) is 51.2 Å². The minimum absolute atomic E-state index is 0.126. The van der Waals surface area contributed by atoms with Gasteiger partial charge in [-0.2, -0.15) is 0 Å². The van der Waals surface area contributed by atoms with Crippen molar-refractivity contribution in [2.45, 2.75) is 26.8 Å². The van der Waals surface area contributed by atoms with Crippen molar-refractivity contribution in [2.24, 2.45) is 0 Å². The molecule has 0 bridgehead atoms. The van der Waals surface area contributed by atoms with E-state index in [1.165, 1.54) is 21.7 Å². The summed E-state index contributed by atoms with van der Waals surface area (Å²) in [6.07, 6.45) is 0.537. The second-order valence-electron chi connectivity index (χ2n) is 5.19. The monoisotopic (exact) mass is 299 g/mol. The van der Waals surface area contributed by atoms with Crippen LogP contribution in [-0.4, -0.2) is 18.8 Å². The Morgan fingerprint density at radius 3 is 2.71 bits per heavy atom. The average molecular weight is 299 g/mol. The normalized spacial score (nSPS) is 10.1. The van der Waals surface area contributed by atoms with Crippen LogP contribution >= 0.6 is 11.3 Å². The predicted octanol–water partition coefficient (Wildman–Crippen LogP) is 3.74. The molecule has 0 saturated heterocycles. The number of benzene rings is 1. The summed E-state index contributed by atoms with van der Waals surface area (Å²) in [5.74, 6) is 6.05. The molecule has 21 heavy (non-hydrogen) atoms. The van der Waals surface area contributed by atoms with Gasteiger partial charge in [0, 0.05) is 24.0 Å². The highest BCUT2D eigenvalue weighted by Gasteiger charge is 2.07. The molecule has 2 nitrogen and oxygen atoms in total. The third-order valence-corrected chi connectivity index (χ3v) is 4.25. The van der Waals surface area contributed by atoms with Gasteiger partial charge in [-0.3, -0.25) is 0 Å². The summed E-state index contributed by atoms with van der Waals surface area (Å²) in [5, 5.41) is 8.73. The van der Waals surface area contributed by atoms with E-state index in [1.54, 1.807) is 11.3 Å². The molecule has 1 N–H and O–H groups in total. The lowest BCUT2D eigenvalue weighted by Crippen LogP contribution is -2.16. The molecule has 0 aliphatic heterocycles. The second kappa shape index (κ2) is 7.31. The molecule has 2 rings (SSSR count). The molecule has 0 amide bonds. The van der Waals surface area contributed by atoms with E-state index < -0.39 is 0 Å². The molecule has 3 heteroatoms. The maximum absolute atomic E-state index is 8.73. The second-order valence-corrected chi connectivity index (χ2v) is 6.36. The van der Waals surface area contributed by atoms with Gasteiger partial charge in [-0.15, -0.1) is 11.3 Å². The number of rotatable bonds is 4. The van der Waals surface area contributed by atoms with E-state index in [0.717, 1.165) is 11.4 Å². The molecule has 0 unspecified atom stereocenters. The summed E-state index contributed by atoms with van der Waals surface area (Å²) in [4.78, 5) is 4.63. The lowest BCUT2D eigenvalue weighted by Gasteiger charge is -2.21. The third kappa shape index (κ3) is 4.35. The maximum Gasteiger partial charge on any atom is 0.0772 e. The van der Waals surface area contributed by atoms with E-state index in [4.69, 9.17) is 5.11 Å². The van der Waals surface area contributed by atoms with Crippen LogP contribution < -0.4 is 4.90 Å². The van der Waals surface area contributed by atoms with Crippen LogP contribution in [0.15, 0.2) is 30.3 Å². The number of nitrogens with zero attached hydrogens (tertiary/aromatic N) is 1. The van der Waals surface area contributed by atoms with Gasteiger partial charge in [-0.1, -0.05) is 29.5 Å². The van der Waals surface area contributed by atoms with E-state index in [9.17, 15) is 0 Å². The van der Waals surface area contributed by atoms with Gasteiger partial charge < -0.3 is 10.0 Å². The fourth-order valence-corrected chi connectivity index (χ4v) is 3.22. The van der Waals surface area contributed by atoms with Crippen LogP contribution in [0, 0.1) is 25.7 Å². The summed E-state index contributed by atoms with van der Waals surface area (Å²) >= 11 is 1.72. The Morgan fingerprint density at radius 1 is 1.19 bits per heavy atom. The Labute approximate surface area is 131 Å². The van der Waals surface area contributed by atoms with E-state index in [1.807, 2.05) is 0 Å². The molecule has 0 spiro atoms. The van der Waals surface area contributed by atoms with Crippen LogP contribution in [0.3, 0.4) is 0 Å². The van der Waals surface area contributed by atoms with Crippen molar-refractivity contribution in [3.63, 3.8) is 0 Å². The van der Waals surface area contributed by atoms with E-state index in [2.05, 4.69) is 68.0 Å². The number of hydrogen-bond acceptors (Lipinski definition) is 3. The summed E-state index contributed by atoms with van der Waals surface area (Å²) in [6, 6.07) is 10.7. The minimum Gasteiger partial charge on any atom is -0.395 e. The highest BCUT2D eigenvalue weighted by molar-refractivity contribution is 7.12. The van der Waals surface area contributed by atoms with Crippen molar-refractivity contribution in [3.8, 4) is 11.8 Å². The van der Waals surface area contributed by atoms with E-state index in [0.29, 0.717) is 6.42 Å². The molecule has 0 fully saturated rings. The van der Waals surface area contributed by atoms with Gasteiger partial charge >= 0.3 is 0 Å². The Kier molecular flexibility index (Phi) is 5.44. The molecule has 0 radical (unpaired) electrons. The number of anilines is 1. The first-order valence-electron chi connectivity index (χ1n) is 7.07. The molecular weight excluding hydrogens is 278 g/mol. The molecule has 0 aliphatic carbocycles. The van der Waals surface area contributed by atoms with Crippen molar-refractivity contribution in [1.29, 1.82) is 0 Å². The zero-order chi connectivity index (χ0) is 15.2. The lowest BCUT2D eigenvalue weighted by molar-refractivity contribution is 0.305. The van der Waals surface area contributed by atoms with Crippen LogP contribution in [0.4, 0.5) is 5.69 Å². The molecule has 2 aromatic rings. The van der Waals surface area contributed by atoms with Crippen LogP contribution in [-0.2, 0) is 6.54 Å². The molecule has 110 valence electrons. The van der Waals surface area contributed by atoms with Gasteiger partial charge in [0.25, 0.3) is 0 Å². The zero-order valence-corrected chi connectivity index (χ0v) is 13.6. The summed E-state index contributed by atoms with van der Waals surface area (Å²) in [5.41, 5.74) is 3.86. The first-order chi connectivity index (χ1) is 10.1. The van der Waals surface area contributed by atoms with Gasteiger partial charge in [0.2, 0.25) is 0 Å². The summed E-state index contributed by atoms with van der Waals surface area (Å²) < 4.78 is 0. The SMILES string of the molecule is Cc1ccc(N(C)Cc2ccc(C#CCCO)s2)c(C)c1. The topological polar surface area (TPSA) is 23.5 Å². The molecule has 1 heterocycles. The fraction of sp³-hybridized carbons (Fsp3) is 0.333. The summed E-state index contributed by atoms with van der Waals surface area (Å²) in [7, 11) is 2.12. The van der Waals surface area contributed by atoms with E-state index in [-0.39, 0.29) is 6.61 Å². The van der Waals surface area contributed by atoms with Gasteiger partial charge in [0.1, 0.15) is 0 Å². The zero-order valence-electron chi connectivity index (χ0n) is 12.8. The quantitative estimate of drug-likeness (QED) is 0.870. The Balaban J connectivity index is 2.06. The largest absolute Gasteiger partial charge is 0.395 e. The lowest BCUT2D eigenvalue weighted by atomic mass is 10.1. The van der Waals surface area contributed by atoms with E-state index >= 15 is 0 Å². The first kappa shape index (κ1) is 15.6. The smallest absolute Gasteiger partial charge is 0.0772 e. The molecule has 1 aromatic carbocycles. The molecule has 0 aliphatic rings. The third-order valence-electron chi connectivity index (χ3n) is 3.27. The Morgan fingerprint density at radius 2 is 2.00 bits per heavy atom. The number of aliphatic hydroxyl groups excluding tert-OH is 1. The minimum atomic E-state index is 0.126. The van der Waals surface area contributed by atoms with Crippen molar-refractivity contribution >= 4 is 17.0 Å². The van der Waals surface area contributed by atoms with Gasteiger partial charge in [0.05, 0.1) is 18.0 Å². The van der Waals surface area contributed by atoms with Crippen LogP contribution in [0.1, 0.15) is 27.3 Å². The van der Waals surface area contributed by atoms with Crippen molar-refractivity contribution in [1.82, 2.24) is 0 Å². The molecule has 1 aromatic heterocycles. The number of thiophene rings is 1. The molecular formula is C18H21NOS. The van der Waals surface area contributed by atoms with Gasteiger partial charge in [-0.05, 0) is 37.6 Å². The van der Waals surface area contributed by atoms with Gasteiger partial charge in [0.15, 0.2) is 0 Å². The fourth-order valence-electron chi connectivity index (χ4n) is 2.29. The van der Waals surface area contributed by atoms with Crippen LogP contribution in [0.2, 0.25) is 0 Å². The van der Waals surface area contributed by atoms with Crippen molar-refractivity contribution in [2.75, 3.05) is 18.6 Å². The molecule has 0 saturated carbocycles. The van der Waals surface area contributed by atoms with Crippen LogP contribution in [0.25, 0.3) is 0 Å². The molecule has 0 atom stereocenters. The Hall–Kier alpha value is -1.76. The number of aryl methyl sites for hydroxylation is 2. The number of hydrogen-bond donors (Lipinski definition) is 1. The van der Waals surface area contributed by atoms with Crippen LogP contribution in [0.5, 0.6) is 0 Å². The maximum atomic E-state index is 8.73. The van der Waals surface area contributed by atoms with Crippen molar-refractivity contribution < 1.29 is 5.11 Å². The Bertz CT molecular complexity index is 663. The predicted molar refractivity (Wildman–Crippen MR) is 90.9 cm³/mol. The average Bonchev–Trinajstić information content (AvgIpc) is 2.86. The number of aliphatic hydroxyl groups is 1. The highest BCUT2D eigenvalue weighted by atomic mass is 32.1. The first-order valence-corrected chi connectivity index (χ1v) is 7.88. The summed E-state index contributed by atoms with van der Waals surface area (Å²) in [6.45, 7) is 5.28. The standard InChI is InChI=1S/C18H21NOS/c1-14-7-10-18(15(2)12-14)19(3)13-17-9-8-16(21-17)6-4-5-11-20/h7-10,12,20H,5,11,13H2,1-3H3. The highest BCUT2D eigenvalue weighted by Crippen LogP contribution is 2.24. The van der Waals surface area contributed by atoms with Gasteiger partial charge in [-0.25, -0.2) is 0 Å².